The molecule has 0 fully saturated rings. The summed E-state index contributed by atoms with van der Waals surface area (Å²) in [6.45, 7) is 6.91. The molecule has 3 aromatic heterocycles. The van der Waals surface area contributed by atoms with Crippen LogP contribution < -0.4 is 5.32 Å². The second-order valence-corrected chi connectivity index (χ2v) is 11.1. The maximum absolute atomic E-state index is 12.6. The monoisotopic (exact) mass is 499 g/mol. The number of benzene rings is 1. The molecule has 1 amide bonds. The molecule has 1 aromatic carbocycles. The van der Waals surface area contributed by atoms with Gasteiger partial charge in [-0.25, -0.2) is 9.38 Å². The molecular weight excluding hydrogens is 474 g/mol. The van der Waals surface area contributed by atoms with Crippen molar-refractivity contribution in [2.45, 2.75) is 56.1 Å². The Morgan fingerprint density at radius 2 is 2.12 bits per heavy atom. The number of nitrogens with zero attached hydrogens (tertiary/aromatic N) is 4. The van der Waals surface area contributed by atoms with Gasteiger partial charge in [0.25, 0.3) is 0 Å². The van der Waals surface area contributed by atoms with Crippen molar-refractivity contribution < 1.29 is 9.53 Å². The van der Waals surface area contributed by atoms with Gasteiger partial charge in [-0.05, 0) is 43.7 Å². The molecule has 0 saturated carbocycles. The van der Waals surface area contributed by atoms with Crippen LogP contribution in [-0.2, 0) is 22.6 Å². The summed E-state index contributed by atoms with van der Waals surface area (Å²) in [7, 11) is 0. The van der Waals surface area contributed by atoms with E-state index in [1.165, 1.54) is 22.2 Å². The molecule has 7 nitrogen and oxygen atoms in total. The van der Waals surface area contributed by atoms with E-state index in [0.717, 1.165) is 45.1 Å². The van der Waals surface area contributed by atoms with E-state index >= 15 is 0 Å². The fourth-order valence-electron chi connectivity index (χ4n) is 4.00. The summed E-state index contributed by atoms with van der Waals surface area (Å²) in [5.41, 5.74) is 3.77. The number of carbonyl (C=O) groups is 1. The van der Waals surface area contributed by atoms with Crippen LogP contribution in [0.2, 0.25) is 0 Å². The van der Waals surface area contributed by atoms with Crippen LogP contribution in [0.15, 0.2) is 34.6 Å². The summed E-state index contributed by atoms with van der Waals surface area (Å²) in [5.74, 6) is 0.166. The van der Waals surface area contributed by atoms with Crippen LogP contribution in [0.4, 0.5) is 5.69 Å². The lowest BCUT2D eigenvalue weighted by Gasteiger charge is -2.32. The van der Waals surface area contributed by atoms with Gasteiger partial charge in [-0.2, -0.15) is 0 Å². The van der Waals surface area contributed by atoms with Crippen molar-refractivity contribution in [2.24, 2.45) is 0 Å². The fourth-order valence-corrected chi connectivity index (χ4v) is 6.49. The minimum absolute atomic E-state index is 0.0745. The van der Waals surface area contributed by atoms with Gasteiger partial charge in [-0.15, -0.1) is 21.5 Å². The highest BCUT2D eigenvalue weighted by molar-refractivity contribution is 8.00. The zero-order valence-corrected chi connectivity index (χ0v) is 21.4. The lowest BCUT2D eigenvalue weighted by atomic mass is 9.90. The molecule has 1 N–H and O–H groups in total. The molecular formula is C23H25N5O2S3. The zero-order chi connectivity index (χ0) is 23.2. The molecule has 0 spiro atoms. The Morgan fingerprint density at radius 3 is 2.88 bits per heavy atom. The van der Waals surface area contributed by atoms with Crippen molar-refractivity contribution >= 4 is 62.3 Å². The van der Waals surface area contributed by atoms with Crippen molar-refractivity contribution in [3.63, 3.8) is 0 Å². The molecule has 0 radical (unpaired) electrons. The Balaban J connectivity index is 1.48. The average Bonchev–Trinajstić information content (AvgIpc) is 3.39. The minimum Gasteiger partial charge on any atom is -0.369 e. The molecule has 0 unspecified atom stereocenters. The fraction of sp³-hybridized carbons (Fsp3) is 0.391. The Labute approximate surface area is 204 Å². The normalized spacial score (nSPS) is 18.1. The van der Waals surface area contributed by atoms with Gasteiger partial charge in [0.15, 0.2) is 16.0 Å². The highest BCUT2D eigenvalue weighted by Gasteiger charge is 2.33. The summed E-state index contributed by atoms with van der Waals surface area (Å²) in [5, 5.41) is 14.6. The lowest BCUT2D eigenvalue weighted by Crippen LogP contribution is -2.33. The number of para-hydroxylation sites is 1. The number of hydrogen-bond donors (Lipinski definition) is 1. The van der Waals surface area contributed by atoms with Crippen molar-refractivity contribution in [1.29, 1.82) is 0 Å². The number of hydrogen-bond acceptors (Lipinski definition) is 8. The van der Waals surface area contributed by atoms with Crippen LogP contribution in [0, 0.1) is 6.92 Å². The lowest BCUT2D eigenvalue weighted by molar-refractivity contribution is -0.113. The first-order valence-corrected chi connectivity index (χ1v) is 13.8. The Kier molecular flexibility index (Phi) is 6.11. The van der Waals surface area contributed by atoms with E-state index in [2.05, 4.69) is 29.4 Å². The topological polar surface area (TPSA) is 81.4 Å². The SMILES string of the molecule is CC[C@@]1(C)Cc2c(sc3nc(SC)n4c(SCC(=O)Nc5ccccc5C)nnc4c23)CO1. The maximum Gasteiger partial charge on any atom is 0.234 e. The average molecular weight is 500 g/mol. The summed E-state index contributed by atoms with van der Waals surface area (Å²) in [6, 6.07) is 7.76. The maximum atomic E-state index is 12.6. The number of anilines is 1. The quantitative estimate of drug-likeness (QED) is 0.283. The molecule has 4 aromatic rings. The van der Waals surface area contributed by atoms with Gasteiger partial charge < -0.3 is 10.1 Å². The smallest absolute Gasteiger partial charge is 0.234 e. The van der Waals surface area contributed by atoms with Gasteiger partial charge in [0.05, 0.1) is 23.3 Å². The van der Waals surface area contributed by atoms with E-state index in [0.29, 0.717) is 11.8 Å². The van der Waals surface area contributed by atoms with E-state index in [1.54, 1.807) is 23.1 Å². The van der Waals surface area contributed by atoms with E-state index in [1.807, 2.05) is 41.8 Å². The largest absolute Gasteiger partial charge is 0.369 e. The Morgan fingerprint density at radius 1 is 1.30 bits per heavy atom. The van der Waals surface area contributed by atoms with Gasteiger partial charge in [-0.1, -0.05) is 48.6 Å². The third-order valence-corrected chi connectivity index (χ3v) is 8.77. The van der Waals surface area contributed by atoms with Crippen molar-refractivity contribution in [3.8, 4) is 0 Å². The van der Waals surface area contributed by atoms with Crippen LogP contribution in [-0.4, -0.2) is 43.1 Å². The van der Waals surface area contributed by atoms with E-state index in [4.69, 9.17) is 9.72 Å². The number of amides is 1. The second kappa shape index (κ2) is 8.90. The number of carbonyl (C=O) groups excluding carboxylic acids is 1. The molecule has 172 valence electrons. The predicted octanol–water partition coefficient (Wildman–Crippen LogP) is 5.34. The number of aryl methyl sites for hydroxylation is 1. The Bertz CT molecular complexity index is 1370. The number of nitrogens with one attached hydrogen (secondary N) is 1. The number of thioether (sulfide) groups is 2. The van der Waals surface area contributed by atoms with Crippen LogP contribution in [0.5, 0.6) is 0 Å². The van der Waals surface area contributed by atoms with Crippen LogP contribution in [0.25, 0.3) is 15.9 Å². The Hall–Kier alpha value is -2.14. The van der Waals surface area contributed by atoms with Gasteiger partial charge in [0.2, 0.25) is 5.91 Å². The van der Waals surface area contributed by atoms with Crippen LogP contribution in [0.3, 0.4) is 0 Å². The van der Waals surface area contributed by atoms with Gasteiger partial charge in [-0.3, -0.25) is 4.79 Å². The molecule has 1 aliphatic rings. The summed E-state index contributed by atoms with van der Waals surface area (Å²) in [6.07, 6.45) is 3.78. The van der Waals surface area contributed by atoms with Crippen molar-refractivity contribution in [3.05, 3.63) is 40.3 Å². The molecule has 0 bridgehead atoms. The second-order valence-electron chi connectivity index (χ2n) is 8.34. The summed E-state index contributed by atoms with van der Waals surface area (Å²) >= 11 is 4.61. The molecule has 0 saturated heterocycles. The van der Waals surface area contributed by atoms with E-state index in [-0.39, 0.29) is 17.3 Å². The molecule has 4 heterocycles. The van der Waals surface area contributed by atoms with Gasteiger partial charge in [0.1, 0.15) is 4.83 Å². The van der Waals surface area contributed by atoms with E-state index < -0.39 is 0 Å². The standard InChI is InChI=1S/C23H25N5O2S3/c1-5-23(3)10-14-16(11-30-23)33-20-18(14)19-26-27-22(28(19)21(25-20)31-4)32-12-17(29)24-15-9-7-6-8-13(15)2/h6-9H,5,10-12H2,1-4H3,(H,24,29)/t23-/m0/s1. The number of thiophene rings is 1. The van der Waals surface area contributed by atoms with Crippen molar-refractivity contribution in [2.75, 3.05) is 17.3 Å². The van der Waals surface area contributed by atoms with Crippen molar-refractivity contribution in [1.82, 2.24) is 19.6 Å². The van der Waals surface area contributed by atoms with E-state index in [9.17, 15) is 4.79 Å². The van der Waals surface area contributed by atoms with Crippen LogP contribution >= 0.6 is 34.9 Å². The molecule has 10 heteroatoms. The summed E-state index contributed by atoms with van der Waals surface area (Å²) < 4.78 is 8.14. The minimum atomic E-state index is -0.179. The number of aromatic nitrogens is 4. The van der Waals surface area contributed by atoms with Crippen LogP contribution in [0.1, 0.15) is 36.3 Å². The zero-order valence-electron chi connectivity index (χ0n) is 19.0. The highest BCUT2D eigenvalue weighted by atomic mass is 32.2. The number of fused-ring (bicyclic) bond motifs is 5. The molecule has 0 aliphatic carbocycles. The predicted molar refractivity (Wildman–Crippen MR) is 136 cm³/mol. The molecule has 33 heavy (non-hydrogen) atoms. The first kappa shape index (κ1) is 22.6. The highest BCUT2D eigenvalue weighted by Crippen LogP contribution is 2.42. The summed E-state index contributed by atoms with van der Waals surface area (Å²) in [4.78, 5) is 19.7. The molecule has 1 atom stereocenters. The van der Waals surface area contributed by atoms with Gasteiger partial charge >= 0.3 is 0 Å². The third-order valence-electron chi connectivity index (χ3n) is 6.10. The first-order valence-electron chi connectivity index (χ1n) is 10.8. The van der Waals surface area contributed by atoms with Gasteiger partial charge in [0, 0.05) is 17.0 Å². The molecule has 1 aliphatic heterocycles. The molecule has 5 rings (SSSR count). The first-order chi connectivity index (χ1) is 15.9. The number of ether oxygens (including phenoxy) is 1. The number of rotatable bonds is 6. The third kappa shape index (κ3) is 4.14.